The Hall–Kier alpha value is -1.39. The van der Waals surface area contributed by atoms with Gasteiger partial charge in [-0.1, -0.05) is 42.7 Å². The summed E-state index contributed by atoms with van der Waals surface area (Å²) in [6.07, 6.45) is 0.866. The molecule has 1 aromatic heterocycles. The Morgan fingerprint density at radius 3 is 2.78 bits per heavy atom. The molecule has 2 rings (SSSR count). The van der Waals surface area contributed by atoms with Crippen LogP contribution in [-0.2, 0) is 0 Å². The van der Waals surface area contributed by atoms with Crippen molar-refractivity contribution in [2.45, 2.75) is 32.2 Å². The molecule has 5 heteroatoms. The van der Waals surface area contributed by atoms with E-state index in [0.717, 1.165) is 12.0 Å². The second-order valence-corrected chi connectivity index (χ2v) is 4.70. The van der Waals surface area contributed by atoms with Crippen molar-refractivity contribution in [1.82, 2.24) is 10.1 Å². The molecular weight excluding hydrogens is 250 g/mol. The first kappa shape index (κ1) is 13.1. The van der Waals surface area contributed by atoms with E-state index in [1.807, 2.05) is 32.0 Å². The first-order chi connectivity index (χ1) is 8.63. The predicted molar refractivity (Wildman–Crippen MR) is 71.4 cm³/mol. The molecular formula is C13H16ClN3O. The highest BCUT2D eigenvalue weighted by Gasteiger charge is 2.20. The third kappa shape index (κ3) is 2.54. The first-order valence-corrected chi connectivity index (χ1v) is 6.35. The van der Waals surface area contributed by atoms with Crippen molar-refractivity contribution in [3.8, 4) is 11.4 Å². The lowest BCUT2D eigenvalue weighted by Crippen LogP contribution is -2.25. The molecule has 0 aliphatic carbocycles. The number of aromatic nitrogens is 2. The van der Waals surface area contributed by atoms with Gasteiger partial charge >= 0.3 is 0 Å². The first-order valence-electron chi connectivity index (χ1n) is 5.97. The Labute approximate surface area is 111 Å². The van der Waals surface area contributed by atoms with Crippen molar-refractivity contribution in [1.29, 1.82) is 0 Å². The molecule has 2 N–H and O–H groups in total. The lowest BCUT2D eigenvalue weighted by molar-refractivity contribution is 0.340. The quantitative estimate of drug-likeness (QED) is 0.922. The van der Waals surface area contributed by atoms with Crippen LogP contribution < -0.4 is 5.73 Å². The molecule has 0 saturated heterocycles. The van der Waals surface area contributed by atoms with Crippen molar-refractivity contribution in [2.75, 3.05) is 0 Å². The maximum Gasteiger partial charge on any atom is 0.231 e. The minimum absolute atomic E-state index is 0.0181. The second-order valence-electron chi connectivity index (χ2n) is 4.30. The Kier molecular flexibility index (Phi) is 3.99. The molecule has 2 atom stereocenters. The molecule has 0 aliphatic rings. The molecule has 0 fully saturated rings. The van der Waals surface area contributed by atoms with Crippen LogP contribution in [0.5, 0.6) is 0 Å². The van der Waals surface area contributed by atoms with E-state index < -0.39 is 0 Å². The summed E-state index contributed by atoms with van der Waals surface area (Å²) in [6, 6.07) is 7.43. The fourth-order valence-corrected chi connectivity index (χ4v) is 1.93. The molecule has 0 saturated carbocycles. The summed E-state index contributed by atoms with van der Waals surface area (Å²) in [5.41, 5.74) is 6.74. The van der Waals surface area contributed by atoms with Gasteiger partial charge in [-0.2, -0.15) is 4.98 Å². The van der Waals surface area contributed by atoms with Gasteiger partial charge in [0.05, 0.1) is 10.9 Å². The zero-order chi connectivity index (χ0) is 13.1. The van der Waals surface area contributed by atoms with E-state index in [1.165, 1.54) is 0 Å². The molecule has 1 heterocycles. The van der Waals surface area contributed by atoms with Gasteiger partial charge in [-0.3, -0.25) is 0 Å². The highest BCUT2D eigenvalue weighted by molar-refractivity contribution is 6.33. The number of nitrogens with zero attached hydrogens (tertiary/aromatic N) is 2. The smallest absolute Gasteiger partial charge is 0.231 e. The van der Waals surface area contributed by atoms with Gasteiger partial charge < -0.3 is 10.3 Å². The SMILES string of the molecule is CCC(N)C(C)c1nc(-c2ccccc2Cl)no1. The summed E-state index contributed by atoms with van der Waals surface area (Å²) >= 11 is 6.09. The minimum atomic E-state index is 0.0181. The minimum Gasteiger partial charge on any atom is -0.339 e. The summed E-state index contributed by atoms with van der Waals surface area (Å²) in [5, 5.41) is 4.57. The summed E-state index contributed by atoms with van der Waals surface area (Å²) < 4.78 is 5.26. The van der Waals surface area contributed by atoms with Crippen LogP contribution in [-0.4, -0.2) is 16.2 Å². The van der Waals surface area contributed by atoms with E-state index >= 15 is 0 Å². The zero-order valence-electron chi connectivity index (χ0n) is 10.4. The largest absolute Gasteiger partial charge is 0.339 e. The molecule has 0 aliphatic heterocycles. The number of hydrogen-bond acceptors (Lipinski definition) is 4. The van der Waals surface area contributed by atoms with Crippen molar-refractivity contribution in [2.24, 2.45) is 5.73 Å². The van der Waals surface area contributed by atoms with Crippen molar-refractivity contribution >= 4 is 11.6 Å². The lowest BCUT2D eigenvalue weighted by Gasteiger charge is -2.13. The standard InChI is InChI=1S/C13H16ClN3O/c1-3-11(15)8(2)13-16-12(17-18-13)9-6-4-5-7-10(9)14/h4-8,11H,3,15H2,1-2H3. The number of hydrogen-bond donors (Lipinski definition) is 1. The molecule has 4 nitrogen and oxygen atoms in total. The van der Waals surface area contributed by atoms with Gasteiger partial charge in [-0.25, -0.2) is 0 Å². The van der Waals surface area contributed by atoms with Crippen molar-refractivity contribution < 1.29 is 4.52 Å². The normalized spacial score (nSPS) is 14.4. The third-order valence-electron chi connectivity index (χ3n) is 3.06. The number of benzene rings is 1. The van der Waals surface area contributed by atoms with Crippen LogP contribution in [0.4, 0.5) is 0 Å². The van der Waals surface area contributed by atoms with Gasteiger partial charge in [-0.15, -0.1) is 0 Å². The van der Waals surface area contributed by atoms with Crippen LogP contribution in [0, 0.1) is 0 Å². The van der Waals surface area contributed by atoms with Crippen LogP contribution in [0.3, 0.4) is 0 Å². The van der Waals surface area contributed by atoms with E-state index in [4.69, 9.17) is 21.9 Å². The summed E-state index contributed by atoms with van der Waals surface area (Å²) in [7, 11) is 0. The van der Waals surface area contributed by atoms with Crippen LogP contribution in [0.1, 0.15) is 32.1 Å². The number of nitrogens with two attached hydrogens (primary N) is 1. The van der Waals surface area contributed by atoms with E-state index in [2.05, 4.69) is 10.1 Å². The third-order valence-corrected chi connectivity index (χ3v) is 3.39. The maximum atomic E-state index is 6.09. The average molecular weight is 266 g/mol. The highest BCUT2D eigenvalue weighted by Crippen LogP contribution is 2.27. The van der Waals surface area contributed by atoms with Crippen LogP contribution in [0.2, 0.25) is 5.02 Å². The van der Waals surface area contributed by atoms with Gasteiger partial charge in [0.25, 0.3) is 0 Å². The molecule has 0 bridgehead atoms. The number of halogens is 1. The van der Waals surface area contributed by atoms with Crippen LogP contribution in [0.15, 0.2) is 28.8 Å². The molecule has 18 heavy (non-hydrogen) atoms. The van der Waals surface area contributed by atoms with E-state index in [1.54, 1.807) is 6.07 Å². The van der Waals surface area contributed by atoms with Gasteiger partial charge in [0.1, 0.15) is 0 Å². The Morgan fingerprint density at radius 2 is 2.11 bits per heavy atom. The molecule has 2 aromatic rings. The summed E-state index contributed by atoms with van der Waals surface area (Å²) in [4.78, 5) is 4.37. The Morgan fingerprint density at radius 1 is 1.39 bits per heavy atom. The lowest BCUT2D eigenvalue weighted by atomic mass is 10.0. The van der Waals surface area contributed by atoms with Gasteiger partial charge in [0.2, 0.25) is 11.7 Å². The van der Waals surface area contributed by atoms with E-state index in [-0.39, 0.29) is 12.0 Å². The fraction of sp³-hybridized carbons (Fsp3) is 0.385. The van der Waals surface area contributed by atoms with Crippen LogP contribution in [0.25, 0.3) is 11.4 Å². The van der Waals surface area contributed by atoms with E-state index in [0.29, 0.717) is 16.7 Å². The van der Waals surface area contributed by atoms with Gasteiger partial charge in [0.15, 0.2) is 0 Å². The van der Waals surface area contributed by atoms with Crippen molar-refractivity contribution in [3.63, 3.8) is 0 Å². The molecule has 0 amide bonds. The average Bonchev–Trinajstić information content (AvgIpc) is 2.87. The Balaban J connectivity index is 2.29. The molecule has 1 aromatic carbocycles. The van der Waals surface area contributed by atoms with Crippen molar-refractivity contribution in [3.05, 3.63) is 35.2 Å². The summed E-state index contributed by atoms with van der Waals surface area (Å²) in [6.45, 7) is 4.02. The topological polar surface area (TPSA) is 64.9 Å². The molecule has 96 valence electrons. The predicted octanol–water partition coefficient (Wildman–Crippen LogP) is 3.23. The van der Waals surface area contributed by atoms with Gasteiger partial charge in [-0.05, 0) is 18.6 Å². The molecule has 0 radical (unpaired) electrons. The highest BCUT2D eigenvalue weighted by atomic mass is 35.5. The van der Waals surface area contributed by atoms with Gasteiger partial charge in [0, 0.05) is 11.6 Å². The van der Waals surface area contributed by atoms with E-state index in [9.17, 15) is 0 Å². The monoisotopic (exact) mass is 265 g/mol. The van der Waals surface area contributed by atoms with Crippen LogP contribution >= 0.6 is 11.6 Å². The zero-order valence-corrected chi connectivity index (χ0v) is 11.2. The Bertz CT molecular complexity index is 526. The maximum absolute atomic E-state index is 6.09. The fourth-order valence-electron chi connectivity index (χ4n) is 1.71. The number of rotatable bonds is 4. The molecule has 0 spiro atoms. The molecule has 2 unspecified atom stereocenters. The summed E-state index contributed by atoms with van der Waals surface area (Å²) in [5.74, 6) is 1.10. The second kappa shape index (κ2) is 5.50.